The maximum Gasteiger partial charge on any atom is 0.279 e. The summed E-state index contributed by atoms with van der Waals surface area (Å²) < 4.78 is 0. The van der Waals surface area contributed by atoms with E-state index in [0.717, 1.165) is 37.2 Å². The Morgan fingerprint density at radius 3 is 2.58 bits per heavy atom. The summed E-state index contributed by atoms with van der Waals surface area (Å²) in [7, 11) is 0. The molecule has 1 saturated heterocycles. The highest BCUT2D eigenvalue weighted by Gasteiger charge is 2.28. The van der Waals surface area contributed by atoms with Crippen LogP contribution in [0.1, 0.15) is 35.8 Å². The number of hydrogen-bond donors (Lipinski definition) is 3. The molecule has 9 heteroatoms. The molecule has 1 aliphatic rings. The molecule has 31 heavy (non-hydrogen) atoms. The van der Waals surface area contributed by atoms with Crippen molar-refractivity contribution in [1.82, 2.24) is 19.9 Å². The van der Waals surface area contributed by atoms with Crippen LogP contribution < -0.4 is 21.7 Å². The normalized spacial score (nSPS) is 15.5. The molecule has 1 fully saturated rings. The first kappa shape index (κ1) is 20.7. The Morgan fingerprint density at radius 1 is 1.13 bits per heavy atom. The molecule has 0 unspecified atom stereocenters. The average Bonchev–Trinajstić information content (AvgIpc) is 2.75. The molecule has 4 rings (SSSR count). The Kier molecular flexibility index (Phi) is 5.51. The lowest BCUT2D eigenvalue weighted by Crippen LogP contribution is -2.48. The van der Waals surface area contributed by atoms with Gasteiger partial charge in [-0.15, -0.1) is 0 Å². The molecular formula is C22H26N8O. The van der Waals surface area contributed by atoms with E-state index in [1.807, 2.05) is 31.2 Å². The zero-order valence-corrected chi connectivity index (χ0v) is 17.7. The van der Waals surface area contributed by atoms with Gasteiger partial charge in [0.15, 0.2) is 17.3 Å². The van der Waals surface area contributed by atoms with E-state index in [2.05, 4.69) is 37.1 Å². The van der Waals surface area contributed by atoms with Crippen LogP contribution in [0.3, 0.4) is 0 Å². The third kappa shape index (κ3) is 4.46. The number of nitrogen functional groups attached to an aromatic ring is 1. The topological polar surface area (TPSA) is 136 Å². The Balaban J connectivity index is 1.60. The van der Waals surface area contributed by atoms with Crippen molar-refractivity contribution in [2.24, 2.45) is 5.73 Å². The van der Waals surface area contributed by atoms with Crippen molar-refractivity contribution >= 4 is 23.2 Å². The SMILES string of the molecule is Cc1cccnc1-c1cnc(N)c(C(=O)Nc2ncccc2N2CCC(C)(N)CC2)n1. The molecular weight excluding hydrogens is 392 g/mol. The molecule has 0 radical (unpaired) electrons. The predicted octanol–water partition coefficient (Wildman–Crippen LogP) is 2.39. The molecule has 1 aliphatic heterocycles. The average molecular weight is 419 g/mol. The van der Waals surface area contributed by atoms with Gasteiger partial charge in [-0.1, -0.05) is 6.07 Å². The summed E-state index contributed by atoms with van der Waals surface area (Å²) >= 11 is 0. The molecule has 3 aromatic heterocycles. The summed E-state index contributed by atoms with van der Waals surface area (Å²) in [5.74, 6) is 0.0268. The fourth-order valence-corrected chi connectivity index (χ4v) is 3.61. The Hall–Kier alpha value is -3.59. The number of nitrogens with two attached hydrogens (primary N) is 2. The van der Waals surface area contributed by atoms with E-state index < -0.39 is 5.91 Å². The van der Waals surface area contributed by atoms with E-state index in [0.29, 0.717) is 17.2 Å². The van der Waals surface area contributed by atoms with Crippen molar-refractivity contribution < 1.29 is 4.79 Å². The largest absolute Gasteiger partial charge is 0.382 e. The van der Waals surface area contributed by atoms with Crippen LogP contribution in [0.15, 0.2) is 42.9 Å². The highest BCUT2D eigenvalue weighted by Crippen LogP contribution is 2.29. The summed E-state index contributed by atoms with van der Waals surface area (Å²) in [5, 5.41) is 2.85. The van der Waals surface area contributed by atoms with Gasteiger partial charge in [-0.2, -0.15) is 0 Å². The number of aryl methyl sites for hydroxylation is 1. The van der Waals surface area contributed by atoms with Gasteiger partial charge in [-0.3, -0.25) is 9.78 Å². The van der Waals surface area contributed by atoms with Crippen LogP contribution in [-0.2, 0) is 0 Å². The summed E-state index contributed by atoms with van der Waals surface area (Å²) in [6.07, 6.45) is 6.55. The minimum atomic E-state index is -0.471. The fraction of sp³-hybridized carbons (Fsp3) is 0.318. The van der Waals surface area contributed by atoms with Gasteiger partial charge in [0.05, 0.1) is 17.6 Å². The van der Waals surface area contributed by atoms with Crippen molar-refractivity contribution in [2.75, 3.05) is 29.0 Å². The molecule has 0 bridgehead atoms. The molecule has 9 nitrogen and oxygen atoms in total. The zero-order valence-electron chi connectivity index (χ0n) is 17.7. The summed E-state index contributed by atoms with van der Waals surface area (Å²) in [4.78, 5) is 32.5. The molecule has 1 amide bonds. The van der Waals surface area contributed by atoms with Crippen molar-refractivity contribution in [2.45, 2.75) is 32.2 Å². The minimum absolute atomic E-state index is 0.0346. The maximum absolute atomic E-state index is 13.0. The van der Waals surface area contributed by atoms with Crippen molar-refractivity contribution in [3.8, 4) is 11.4 Å². The molecule has 0 atom stereocenters. The predicted molar refractivity (Wildman–Crippen MR) is 121 cm³/mol. The summed E-state index contributed by atoms with van der Waals surface area (Å²) in [6, 6.07) is 7.54. The van der Waals surface area contributed by atoms with Crippen molar-refractivity contribution in [1.29, 1.82) is 0 Å². The van der Waals surface area contributed by atoms with E-state index in [9.17, 15) is 4.79 Å². The third-order valence-electron chi connectivity index (χ3n) is 5.53. The second-order valence-corrected chi connectivity index (χ2v) is 8.12. The van der Waals surface area contributed by atoms with Gasteiger partial charge in [-0.25, -0.2) is 15.0 Å². The molecule has 4 heterocycles. The molecule has 0 aromatic carbocycles. The number of nitrogens with one attached hydrogen (secondary N) is 1. The van der Waals surface area contributed by atoms with Crippen LogP contribution in [0, 0.1) is 6.92 Å². The van der Waals surface area contributed by atoms with Gasteiger partial charge < -0.3 is 21.7 Å². The lowest BCUT2D eigenvalue weighted by molar-refractivity contribution is 0.102. The number of amides is 1. The van der Waals surface area contributed by atoms with Gasteiger partial charge in [-0.05, 0) is 50.5 Å². The second kappa shape index (κ2) is 8.27. The number of pyridine rings is 2. The molecule has 0 aliphatic carbocycles. The number of aromatic nitrogens is 4. The zero-order chi connectivity index (χ0) is 22.0. The van der Waals surface area contributed by atoms with Crippen LogP contribution in [0.25, 0.3) is 11.4 Å². The van der Waals surface area contributed by atoms with Crippen molar-refractivity contribution in [3.63, 3.8) is 0 Å². The number of hydrogen-bond acceptors (Lipinski definition) is 8. The van der Waals surface area contributed by atoms with Gasteiger partial charge >= 0.3 is 0 Å². The number of carbonyl (C=O) groups excluding carboxylic acids is 1. The molecule has 3 aromatic rings. The van der Waals surface area contributed by atoms with Crippen molar-refractivity contribution in [3.05, 3.63) is 54.1 Å². The lowest BCUT2D eigenvalue weighted by atomic mass is 9.91. The van der Waals surface area contributed by atoms with Crippen LogP contribution >= 0.6 is 0 Å². The number of rotatable bonds is 4. The highest BCUT2D eigenvalue weighted by molar-refractivity contribution is 6.06. The van der Waals surface area contributed by atoms with E-state index in [-0.39, 0.29) is 17.1 Å². The molecule has 5 N–H and O–H groups in total. The Bertz CT molecular complexity index is 1100. The standard InChI is InChI=1S/C22H26N8O/c1-14-5-3-9-25-17(14)15-13-27-19(23)18(28-15)21(31)29-20-16(6-4-10-26-20)30-11-7-22(2,24)8-12-30/h3-6,9-10,13H,7-8,11-12,24H2,1-2H3,(H2,23,27)(H,26,29,31). The smallest absolute Gasteiger partial charge is 0.279 e. The Labute approximate surface area is 180 Å². The Morgan fingerprint density at radius 2 is 1.84 bits per heavy atom. The molecule has 0 saturated carbocycles. The maximum atomic E-state index is 13.0. The van der Waals surface area contributed by atoms with Crippen LogP contribution in [-0.4, -0.2) is 44.5 Å². The summed E-state index contributed by atoms with van der Waals surface area (Å²) in [6.45, 7) is 5.56. The highest BCUT2D eigenvalue weighted by atomic mass is 16.2. The first-order valence-electron chi connectivity index (χ1n) is 10.2. The third-order valence-corrected chi connectivity index (χ3v) is 5.53. The monoisotopic (exact) mass is 418 g/mol. The van der Waals surface area contributed by atoms with E-state index in [1.165, 1.54) is 6.20 Å². The number of piperidine rings is 1. The van der Waals surface area contributed by atoms with Gasteiger partial charge in [0.25, 0.3) is 5.91 Å². The van der Waals surface area contributed by atoms with Crippen LogP contribution in [0.4, 0.5) is 17.3 Å². The molecule has 0 spiro atoms. The number of anilines is 3. The fourth-order valence-electron chi connectivity index (χ4n) is 3.61. The first-order chi connectivity index (χ1) is 14.8. The van der Waals surface area contributed by atoms with E-state index in [1.54, 1.807) is 12.4 Å². The van der Waals surface area contributed by atoms with Crippen LogP contribution in [0.2, 0.25) is 0 Å². The van der Waals surface area contributed by atoms with Crippen LogP contribution in [0.5, 0.6) is 0 Å². The van der Waals surface area contributed by atoms with Gasteiger partial charge in [0, 0.05) is 31.0 Å². The number of carbonyl (C=O) groups is 1. The minimum Gasteiger partial charge on any atom is -0.382 e. The summed E-state index contributed by atoms with van der Waals surface area (Å²) in [5.41, 5.74) is 15.0. The molecule has 160 valence electrons. The second-order valence-electron chi connectivity index (χ2n) is 8.12. The quantitative estimate of drug-likeness (QED) is 0.587. The van der Waals surface area contributed by atoms with Gasteiger partial charge in [0.2, 0.25) is 0 Å². The first-order valence-corrected chi connectivity index (χ1v) is 10.2. The van der Waals surface area contributed by atoms with E-state index in [4.69, 9.17) is 11.5 Å². The van der Waals surface area contributed by atoms with Gasteiger partial charge in [0.1, 0.15) is 5.69 Å². The lowest BCUT2D eigenvalue weighted by Gasteiger charge is -2.38. The number of nitrogens with zero attached hydrogens (tertiary/aromatic N) is 5. The van der Waals surface area contributed by atoms with E-state index >= 15 is 0 Å².